The Balaban J connectivity index is 1.84. The van der Waals surface area contributed by atoms with Gasteiger partial charge in [-0.1, -0.05) is 42.7 Å². The molecule has 1 saturated carbocycles. The number of carbonyl (C=O) groups excluding carboxylic acids is 3. The Morgan fingerprint density at radius 3 is 2.29 bits per heavy atom. The fourth-order valence-corrected chi connectivity index (χ4v) is 4.98. The van der Waals surface area contributed by atoms with Crippen LogP contribution in [-0.4, -0.2) is 28.1 Å². The van der Waals surface area contributed by atoms with Crippen LogP contribution in [0.2, 0.25) is 0 Å². The molecule has 1 aliphatic carbocycles. The van der Waals surface area contributed by atoms with E-state index >= 15 is 0 Å². The zero-order chi connectivity index (χ0) is 25.1. The second kappa shape index (κ2) is 10.2. The van der Waals surface area contributed by atoms with Crippen LogP contribution in [-0.2, 0) is 4.79 Å². The van der Waals surface area contributed by atoms with E-state index in [1.165, 1.54) is 29.2 Å². The minimum Gasteiger partial charge on any atom is -0.395 e. The summed E-state index contributed by atoms with van der Waals surface area (Å²) in [6.07, 6.45) is 3.73. The van der Waals surface area contributed by atoms with Crippen molar-refractivity contribution in [2.45, 2.75) is 44.7 Å². The molecule has 3 amide bonds. The predicted molar refractivity (Wildman–Crippen MR) is 133 cm³/mol. The van der Waals surface area contributed by atoms with Crippen molar-refractivity contribution in [1.82, 2.24) is 9.69 Å². The van der Waals surface area contributed by atoms with Gasteiger partial charge in [0.1, 0.15) is 16.7 Å². The van der Waals surface area contributed by atoms with E-state index in [-0.39, 0.29) is 22.3 Å². The quantitative estimate of drug-likeness (QED) is 0.460. The summed E-state index contributed by atoms with van der Waals surface area (Å²) < 4.78 is 17.7. The summed E-state index contributed by atoms with van der Waals surface area (Å²) in [6.45, 7) is 1.90. The van der Waals surface area contributed by atoms with Crippen LogP contribution in [0.3, 0.4) is 0 Å². The van der Waals surface area contributed by atoms with Gasteiger partial charge in [0, 0.05) is 11.7 Å². The first-order valence-corrected chi connectivity index (χ1v) is 12.0. The van der Waals surface area contributed by atoms with E-state index in [0.29, 0.717) is 11.3 Å². The number of nitrogens with two attached hydrogens (primary N) is 2. The van der Waals surface area contributed by atoms with Crippen molar-refractivity contribution >= 4 is 40.6 Å². The molecule has 10 heteroatoms. The van der Waals surface area contributed by atoms with Crippen LogP contribution < -0.4 is 21.7 Å². The van der Waals surface area contributed by atoms with Crippen LogP contribution >= 0.6 is 11.5 Å². The summed E-state index contributed by atoms with van der Waals surface area (Å²) >= 11 is 0.740. The summed E-state index contributed by atoms with van der Waals surface area (Å²) in [7, 11) is 0. The number of aryl methyl sites for hydroxylation is 1. The minimum absolute atomic E-state index is 0.00430. The highest BCUT2D eigenvalue weighted by Crippen LogP contribution is 2.34. The van der Waals surface area contributed by atoms with Crippen LogP contribution in [0.4, 0.5) is 15.8 Å². The predicted octanol–water partition coefficient (Wildman–Crippen LogP) is 3.72. The standard InChI is InChI=1S/C25H26FN5O3S/c1-14-6-12-18(13-7-14)31(25(34)22-19(27)20(23(28)32)30-35-22)21(15-8-10-16(26)11-9-15)24(33)29-17-4-2-3-5-17/h6-13,17,21H,2-5,27H2,1H3,(H2,28,32)(H,29,33). The van der Waals surface area contributed by atoms with E-state index < -0.39 is 29.6 Å². The van der Waals surface area contributed by atoms with Gasteiger partial charge in [0.25, 0.3) is 11.8 Å². The first-order valence-electron chi connectivity index (χ1n) is 11.3. The second-order valence-corrected chi connectivity index (χ2v) is 9.37. The van der Waals surface area contributed by atoms with Crippen LogP contribution in [0.25, 0.3) is 0 Å². The molecule has 3 aromatic rings. The molecule has 182 valence electrons. The Hall–Kier alpha value is -3.79. The van der Waals surface area contributed by atoms with Crippen LogP contribution in [0.1, 0.15) is 63.0 Å². The van der Waals surface area contributed by atoms with Gasteiger partial charge >= 0.3 is 0 Å². The molecule has 2 aromatic carbocycles. The third-order valence-electron chi connectivity index (χ3n) is 6.08. The van der Waals surface area contributed by atoms with Gasteiger partial charge in [0.15, 0.2) is 5.69 Å². The fraction of sp³-hybridized carbons (Fsp3) is 0.280. The second-order valence-electron chi connectivity index (χ2n) is 8.59. The molecule has 35 heavy (non-hydrogen) atoms. The van der Waals surface area contributed by atoms with Crippen LogP contribution in [0.15, 0.2) is 48.5 Å². The van der Waals surface area contributed by atoms with E-state index in [2.05, 4.69) is 9.69 Å². The summed E-state index contributed by atoms with van der Waals surface area (Å²) in [4.78, 5) is 40.6. The van der Waals surface area contributed by atoms with Crippen LogP contribution in [0, 0.1) is 12.7 Å². The Morgan fingerprint density at radius 1 is 1.09 bits per heavy atom. The maximum atomic E-state index is 13.9. The zero-order valence-corrected chi connectivity index (χ0v) is 20.0. The molecule has 1 unspecified atom stereocenters. The normalized spacial score (nSPS) is 14.5. The molecule has 0 spiro atoms. The Morgan fingerprint density at radius 2 is 1.71 bits per heavy atom. The summed E-state index contributed by atoms with van der Waals surface area (Å²) in [5.41, 5.74) is 12.9. The van der Waals surface area contributed by atoms with Crippen molar-refractivity contribution < 1.29 is 18.8 Å². The van der Waals surface area contributed by atoms with Crippen molar-refractivity contribution in [2.75, 3.05) is 10.6 Å². The molecule has 8 nitrogen and oxygen atoms in total. The van der Waals surface area contributed by atoms with E-state index in [9.17, 15) is 18.8 Å². The van der Waals surface area contributed by atoms with Gasteiger partial charge in [0.05, 0.1) is 5.69 Å². The smallest absolute Gasteiger partial charge is 0.273 e. The lowest BCUT2D eigenvalue weighted by molar-refractivity contribution is -0.123. The number of hydrogen-bond donors (Lipinski definition) is 3. The third kappa shape index (κ3) is 5.17. The molecular weight excluding hydrogens is 469 g/mol. The molecule has 1 heterocycles. The number of benzene rings is 2. The molecule has 1 fully saturated rings. The van der Waals surface area contributed by atoms with Crippen molar-refractivity contribution in [3.63, 3.8) is 0 Å². The van der Waals surface area contributed by atoms with E-state index in [1.807, 2.05) is 19.1 Å². The van der Waals surface area contributed by atoms with Gasteiger partial charge in [-0.25, -0.2) is 4.39 Å². The fourth-order valence-electron chi connectivity index (χ4n) is 4.24. The number of anilines is 2. The maximum absolute atomic E-state index is 13.9. The van der Waals surface area contributed by atoms with Crippen molar-refractivity contribution in [2.24, 2.45) is 5.73 Å². The first kappa shape index (κ1) is 24.3. The van der Waals surface area contributed by atoms with E-state index in [1.54, 1.807) is 12.1 Å². The number of nitrogen functional groups attached to an aromatic ring is 1. The number of nitrogens with zero attached hydrogens (tertiary/aromatic N) is 2. The number of amides is 3. The highest BCUT2D eigenvalue weighted by atomic mass is 32.1. The summed E-state index contributed by atoms with van der Waals surface area (Å²) in [5, 5.41) is 3.05. The number of halogens is 1. The largest absolute Gasteiger partial charge is 0.395 e. The van der Waals surface area contributed by atoms with Crippen molar-refractivity contribution in [1.29, 1.82) is 0 Å². The molecule has 1 atom stereocenters. The minimum atomic E-state index is -1.12. The van der Waals surface area contributed by atoms with Gasteiger partial charge in [-0.3, -0.25) is 19.3 Å². The Kier molecular flexibility index (Phi) is 7.11. The lowest BCUT2D eigenvalue weighted by Crippen LogP contribution is -2.46. The number of hydrogen-bond acceptors (Lipinski definition) is 6. The van der Waals surface area contributed by atoms with E-state index in [4.69, 9.17) is 11.5 Å². The highest BCUT2D eigenvalue weighted by molar-refractivity contribution is 7.09. The number of primary amides is 1. The average Bonchev–Trinajstić information content (AvgIpc) is 3.48. The first-order chi connectivity index (χ1) is 16.8. The number of rotatable bonds is 7. The van der Waals surface area contributed by atoms with Gasteiger partial charge in [-0.2, -0.15) is 4.37 Å². The SMILES string of the molecule is Cc1ccc(N(C(=O)c2snc(C(N)=O)c2N)C(C(=O)NC2CCCC2)c2ccc(F)cc2)cc1. The van der Waals surface area contributed by atoms with Crippen LogP contribution in [0.5, 0.6) is 0 Å². The molecule has 1 aliphatic rings. The monoisotopic (exact) mass is 495 g/mol. The Labute approximate surface area is 206 Å². The molecule has 5 N–H and O–H groups in total. The molecule has 0 saturated heterocycles. The van der Waals surface area contributed by atoms with Gasteiger partial charge in [-0.15, -0.1) is 0 Å². The number of carbonyl (C=O) groups is 3. The third-order valence-corrected chi connectivity index (χ3v) is 6.93. The summed E-state index contributed by atoms with van der Waals surface area (Å²) in [5.74, 6) is -2.33. The molecule has 4 rings (SSSR count). The maximum Gasteiger partial charge on any atom is 0.273 e. The lowest BCUT2D eigenvalue weighted by atomic mass is 10.0. The summed E-state index contributed by atoms with van der Waals surface area (Å²) in [6, 6.07) is 11.4. The number of aromatic nitrogens is 1. The average molecular weight is 496 g/mol. The van der Waals surface area contributed by atoms with Gasteiger partial charge < -0.3 is 16.8 Å². The van der Waals surface area contributed by atoms with E-state index in [0.717, 1.165) is 42.8 Å². The van der Waals surface area contributed by atoms with Crippen molar-refractivity contribution in [3.05, 3.63) is 76.0 Å². The van der Waals surface area contributed by atoms with Gasteiger partial charge in [0.2, 0.25) is 5.91 Å². The molecule has 0 bridgehead atoms. The molecule has 0 radical (unpaired) electrons. The van der Waals surface area contributed by atoms with Crippen molar-refractivity contribution in [3.8, 4) is 0 Å². The lowest BCUT2D eigenvalue weighted by Gasteiger charge is -2.32. The zero-order valence-electron chi connectivity index (χ0n) is 19.2. The highest BCUT2D eigenvalue weighted by Gasteiger charge is 2.37. The topological polar surface area (TPSA) is 131 Å². The molecule has 1 aromatic heterocycles. The number of nitrogens with one attached hydrogen (secondary N) is 1. The van der Waals surface area contributed by atoms with Gasteiger partial charge in [-0.05, 0) is 61.1 Å². The molecular formula is C25H26FN5O3S. The molecule has 0 aliphatic heterocycles. The Bertz CT molecular complexity index is 1240.